The van der Waals surface area contributed by atoms with E-state index in [9.17, 15) is 19.5 Å². The van der Waals surface area contributed by atoms with Crippen LogP contribution in [0, 0.1) is 5.92 Å². The summed E-state index contributed by atoms with van der Waals surface area (Å²) in [7, 11) is 0. The zero-order chi connectivity index (χ0) is 32.5. The van der Waals surface area contributed by atoms with Gasteiger partial charge in [-0.25, -0.2) is 0 Å². The van der Waals surface area contributed by atoms with Crippen LogP contribution in [0.15, 0.2) is 24.3 Å². The summed E-state index contributed by atoms with van der Waals surface area (Å²) in [4.78, 5) is 36.1. The monoisotopic (exact) mass is 621 g/mol. The van der Waals surface area contributed by atoms with E-state index in [4.69, 9.17) is 9.47 Å². The van der Waals surface area contributed by atoms with E-state index < -0.39 is 6.10 Å². The van der Waals surface area contributed by atoms with E-state index in [1.165, 1.54) is 77.0 Å². The van der Waals surface area contributed by atoms with Crippen LogP contribution in [0.1, 0.15) is 175 Å². The third-order valence-electron chi connectivity index (χ3n) is 8.26. The summed E-state index contributed by atoms with van der Waals surface area (Å²) >= 11 is 0. The molecule has 0 aromatic rings. The molecule has 0 aliphatic carbocycles. The standard InChI is InChI=1S/C38H68O6/c1-4-6-7-8-13-18-23-28-35(40)29-24-19-16-21-26-31-38(42)44-36(32-39)33-43-37(41)30-25-20-15-12-10-9-11-14-17-22-27-34(3)5-2/h13,18,23,28,34,36,39H,4-12,14-17,19-22,24-27,29-33H2,1-3H3/b18-13-,28-23+/t34?,36-/m0/s1. The molecule has 44 heavy (non-hydrogen) atoms. The lowest BCUT2D eigenvalue weighted by atomic mass is 9.99. The fourth-order valence-corrected chi connectivity index (χ4v) is 5.04. The fourth-order valence-electron chi connectivity index (χ4n) is 5.04. The molecule has 0 rings (SSSR count). The molecule has 0 aromatic carbocycles. The minimum Gasteiger partial charge on any atom is -0.462 e. The molecule has 0 heterocycles. The second kappa shape index (κ2) is 32.4. The molecule has 2 atom stereocenters. The molecule has 6 heteroatoms. The minimum absolute atomic E-state index is 0.102. The number of aliphatic hydroxyl groups is 1. The van der Waals surface area contributed by atoms with E-state index >= 15 is 0 Å². The summed E-state index contributed by atoms with van der Waals surface area (Å²) in [6, 6.07) is 0. The quantitative estimate of drug-likeness (QED) is 0.0348. The van der Waals surface area contributed by atoms with Gasteiger partial charge in [-0.15, -0.1) is 0 Å². The van der Waals surface area contributed by atoms with Gasteiger partial charge < -0.3 is 14.6 Å². The number of rotatable bonds is 32. The average Bonchev–Trinajstić information content (AvgIpc) is 3.02. The number of aliphatic hydroxyl groups excluding tert-OH is 1. The molecule has 0 aliphatic rings. The molecular formula is C38H68O6. The SMILES string of the molecule is CCCCC/C=C\C=C\C(=O)CCCCCCCC(=O)O[C@@H](CO)COC(=O)CCCCCCCCCCCCC(C)CC. The largest absolute Gasteiger partial charge is 0.462 e. The zero-order valence-electron chi connectivity index (χ0n) is 28.8. The van der Waals surface area contributed by atoms with E-state index in [1.54, 1.807) is 6.08 Å². The molecule has 0 radical (unpaired) electrons. The highest BCUT2D eigenvalue weighted by Gasteiger charge is 2.16. The summed E-state index contributed by atoms with van der Waals surface area (Å²) in [5.41, 5.74) is 0. The molecule has 0 saturated heterocycles. The van der Waals surface area contributed by atoms with Crippen molar-refractivity contribution in [2.45, 2.75) is 181 Å². The number of ether oxygens (including phenoxy) is 2. The van der Waals surface area contributed by atoms with E-state index in [0.29, 0.717) is 19.3 Å². The van der Waals surface area contributed by atoms with Crippen LogP contribution in [0.4, 0.5) is 0 Å². The first kappa shape index (κ1) is 42.0. The van der Waals surface area contributed by atoms with Gasteiger partial charge >= 0.3 is 11.9 Å². The van der Waals surface area contributed by atoms with Crippen molar-refractivity contribution < 1.29 is 29.0 Å². The molecule has 0 aromatic heterocycles. The third-order valence-corrected chi connectivity index (χ3v) is 8.26. The Morgan fingerprint density at radius 1 is 0.659 bits per heavy atom. The predicted molar refractivity (Wildman–Crippen MR) is 183 cm³/mol. The molecule has 0 saturated carbocycles. The molecule has 1 unspecified atom stereocenters. The van der Waals surface area contributed by atoms with Crippen LogP contribution in [0.5, 0.6) is 0 Å². The van der Waals surface area contributed by atoms with E-state index in [1.807, 2.05) is 12.2 Å². The lowest BCUT2D eigenvalue weighted by Crippen LogP contribution is -2.28. The summed E-state index contributed by atoms with van der Waals surface area (Å²) < 4.78 is 10.5. The molecule has 256 valence electrons. The maximum atomic E-state index is 12.1. The number of unbranched alkanes of at least 4 members (excludes halogenated alkanes) is 16. The Balaban J connectivity index is 3.67. The van der Waals surface area contributed by atoms with Gasteiger partial charge in [-0.1, -0.05) is 142 Å². The van der Waals surface area contributed by atoms with Crippen molar-refractivity contribution in [1.82, 2.24) is 0 Å². The molecule has 0 spiro atoms. The van der Waals surface area contributed by atoms with Gasteiger partial charge in [-0.05, 0) is 44.1 Å². The van der Waals surface area contributed by atoms with Crippen LogP contribution in [0.25, 0.3) is 0 Å². The number of carbonyl (C=O) groups is 3. The molecule has 0 aliphatic heterocycles. The fraction of sp³-hybridized carbons (Fsp3) is 0.816. The minimum atomic E-state index is -0.813. The van der Waals surface area contributed by atoms with Gasteiger partial charge in [-0.3, -0.25) is 14.4 Å². The third kappa shape index (κ3) is 30.1. The van der Waals surface area contributed by atoms with Gasteiger partial charge in [-0.2, -0.15) is 0 Å². The number of hydrogen-bond acceptors (Lipinski definition) is 6. The van der Waals surface area contributed by atoms with Crippen molar-refractivity contribution in [3.05, 3.63) is 24.3 Å². The van der Waals surface area contributed by atoms with E-state index in [0.717, 1.165) is 57.3 Å². The molecule has 0 amide bonds. The summed E-state index contributed by atoms with van der Waals surface area (Å²) in [5.74, 6) is 0.342. The zero-order valence-corrected chi connectivity index (χ0v) is 28.8. The van der Waals surface area contributed by atoms with Crippen LogP contribution < -0.4 is 0 Å². The smallest absolute Gasteiger partial charge is 0.306 e. The van der Waals surface area contributed by atoms with Gasteiger partial charge in [0.1, 0.15) is 6.61 Å². The molecule has 0 fully saturated rings. The van der Waals surface area contributed by atoms with Gasteiger partial charge in [0, 0.05) is 19.3 Å². The highest BCUT2D eigenvalue weighted by molar-refractivity contribution is 5.89. The van der Waals surface area contributed by atoms with Crippen molar-refractivity contribution >= 4 is 17.7 Å². The molecular weight excluding hydrogens is 552 g/mol. The van der Waals surface area contributed by atoms with Crippen LogP contribution >= 0.6 is 0 Å². The summed E-state index contributed by atoms with van der Waals surface area (Å²) in [5, 5.41) is 9.52. The first-order valence-electron chi connectivity index (χ1n) is 18.2. The molecule has 0 bridgehead atoms. The number of hydrogen-bond donors (Lipinski definition) is 1. The average molecular weight is 621 g/mol. The van der Waals surface area contributed by atoms with Crippen molar-refractivity contribution in [3.63, 3.8) is 0 Å². The first-order chi connectivity index (χ1) is 21.4. The Morgan fingerprint density at radius 3 is 1.77 bits per heavy atom. The Hall–Kier alpha value is -1.95. The van der Waals surface area contributed by atoms with Crippen LogP contribution in [-0.2, 0) is 23.9 Å². The van der Waals surface area contributed by atoms with E-state index in [-0.39, 0.29) is 37.4 Å². The second-order valence-corrected chi connectivity index (χ2v) is 12.6. The van der Waals surface area contributed by atoms with Gasteiger partial charge in [0.05, 0.1) is 6.61 Å². The highest BCUT2D eigenvalue weighted by atomic mass is 16.6. The highest BCUT2D eigenvalue weighted by Crippen LogP contribution is 2.16. The van der Waals surface area contributed by atoms with Crippen molar-refractivity contribution in [3.8, 4) is 0 Å². The van der Waals surface area contributed by atoms with Gasteiger partial charge in [0.25, 0.3) is 0 Å². The Bertz CT molecular complexity index is 744. The lowest BCUT2D eigenvalue weighted by Gasteiger charge is -2.15. The normalized spacial score (nSPS) is 13.0. The molecule has 6 nitrogen and oxygen atoms in total. The lowest BCUT2D eigenvalue weighted by molar-refractivity contribution is -0.161. The number of carbonyl (C=O) groups excluding carboxylic acids is 3. The van der Waals surface area contributed by atoms with Gasteiger partial charge in [0.2, 0.25) is 0 Å². The summed E-state index contributed by atoms with van der Waals surface area (Å²) in [6.07, 6.45) is 31.9. The number of esters is 2. The van der Waals surface area contributed by atoms with Crippen molar-refractivity contribution in [1.29, 1.82) is 0 Å². The first-order valence-corrected chi connectivity index (χ1v) is 18.2. The predicted octanol–water partition coefficient (Wildman–Crippen LogP) is 10.2. The van der Waals surface area contributed by atoms with Crippen LogP contribution in [-0.4, -0.2) is 42.1 Å². The Morgan fingerprint density at radius 2 is 1.20 bits per heavy atom. The number of allylic oxidation sites excluding steroid dienone is 4. The topological polar surface area (TPSA) is 89.9 Å². The molecule has 1 N–H and O–H groups in total. The number of ketones is 1. The maximum Gasteiger partial charge on any atom is 0.306 e. The van der Waals surface area contributed by atoms with Crippen LogP contribution in [0.3, 0.4) is 0 Å². The van der Waals surface area contributed by atoms with Crippen molar-refractivity contribution in [2.75, 3.05) is 13.2 Å². The van der Waals surface area contributed by atoms with Crippen molar-refractivity contribution in [2.24, 2.45) is 5.92 Å². The second-order valence-electron chi connectivity index (χ2n) is 12.6. The van der Waals surface area contributed by atoms with Gasteiger partial charge in [0.15, 0.2) is 11.9 Å². The Kier molecular flexibility index (Phi) is 31.0. The maximum absolute atomic E-state index is 12.1. The summed E-state index contributed by atoms with van der Waals surface area (Å²) in [6.45, 7) is 6.34. The van der Waals surface area contributed by atoms with E-state index in [2.05, 4.69) is 26.8 Å². The van der Waals surface area contributed by atoms with Crippen LogP contribution in [0.2, 0.25) is 0 Å². The Labute approximate surface area is 270 Å².